The summed E-state index contributed by atoms with van der Waals surface area (Å²) in [6.07, 6.45) is 5.81. The van der Waals surface area contributed by atoms with Crippen molar-refractivity contribution in [3.05, 3.63) is 59.2 Å². The second kappa shape index (κ2) is 5.91. The SMILES string of the molecule is Cc1ccc(C)c(-n2ncc(NC(C)c3cnn(C)c3)c2C)c1. The first-order valence-electron chi connectivity index (χ1n) is 7.83. The molecule has 0 spiro atoms. The number of aryl methyl sites for hydroxylation is 3. The zero-order valence-corrected chi connectivity index (χ0v) is 14.3. The van der Waals surface area contributed by atoms with Gasteiger partial charge in [0.15, 0.2) is 0 Å². The van der Waals surface area contributed by atoms with Crippen LogP contribution in [0.1, 0.15) is 35.3 Å². The molecule has 1 unspecified atom stereocenters. The lowest BCUT2D eigenvalue weighted by atomic mass is 10.1. The van der Waals surface area contributed by atoms with Gasteiger partial charge in [0.25, 0.3) is 0 Å². The normalized spacial score (nSPS) is 12.4. The van der Waals surface area contributed by atoms with Gasteiger partial charge in [0, 0.05) is 18.8 Å². The molecule has 0 radical (unpaired) electrons. The van der Waals surface area contributed by atoms with Gasteiger partial charge in [0.1, 0.15) is 0 Å². The van der Waals surface area contributed by atoms with Crippen LogP contribution in [0.15, 0.2) is 36.8 Å². The molecule has 0 amide bonds. The van der Waals surface area contributed by atoms with Crippen molar-refractivity contribution in [3.63, 3.8) is 0 Å². The van der Waals surface area contributed by atoms with Crippen molar-refractivity contribution in [1.82, 2.24) is 19.6 Å². The summed E-state index contributed by atoms with van der Waals surface area (Å²) in [7, 11) is 1.93. The molecule has 1 atom stereocenters. The molecule has 2 aromatic heterocycles. The summed E-state index contributed by atoms with van der Waals surface area (Å²) in [5.41, 5.74) is 6.89. The lowest BCUT2D eigenvalue weighted by Gasteiger charge is -2.14. The molecule has 0 aliphatic heterocycles. The molecule has 0 aliphatic rings. The highest BCUT2D eigenvalue weighted by Gasteiger charge is 2.14. The molecule has 2 heterocycles. The van der Waals surface area contributed by atoms with Crippen molar-refractivity contribution < 1.29 is 0 Å². The zero-order valence-electron chi connectivity index (χ0n) is 14.3. The van der Waals surface area contributed by atoms with E-state index >= 15 is 0 Å². The topological polar surface area (TPSA) is 47.7 Å². The fourth-order valence-electron chi connectivity index (χ4n) is 2.72. The molecule has 0 saturated heterocycles. The number of nitrogens with one attached hydrogen (secondary N) is 1. The van der Waals surface area contributed by atoms with E-state index < -0.39 is 0 Å². The van der Waals surface area contributed by atoms with Crippen LogP contribution in [0, 0.1) is 20.8 Å². The van der Waals surface area contributed by atoms with Gasteiger partial charge < -0.3 is 5.32 Å². The summed E-state index contributed by atoms with van der Waals surface area (Å²) in [5, 5.41) is 12.3. The predicted octanol–water partition coefficient (Wildman–Crippen LogP) is 3.70. The fraction of sp³-hybridized carbons (Fsp3) is 0.333. The van der Waals surface area contributed by atoms with Gasteiger partial charge in [-0.15, -0.1) is 0 Å². The van der Waals surface area contributed by atoms with Crippen LogP contribution in [0.4, 0.5) is 5.69 Å². The van der Waals surface area contributed by atoms with Crippen LogP contribution < -0.4 is 5.32 Å². The third-order valence-electron chi connectivity index (χ3n) is 4.20. The van der Waals surface area contributed by atoms with Crippen LogP contribution in [0.2, 0.25) is 0 Å². The molecule has 0 aliphatic carbocycles. The summed E-state index contributed by atoms with van der Waals surface area (Å²) >= 11 is 0. The quantitative estimate of drug-likeness (QED) is 0.799. The van der Waals surface area contributed by atoms with E-state index in [0.717, 1.165) is 22.6 Å². The standard InChI is InChI=1S/C18H23N5/c1-12-6-7-13(2)18(8-12)23-15(4)17(10-20-23)21-14(3)16-9-19-22(5)11-16/h6-11,14,21H,1-5H3. The Hall–Kier alpha value is -2.56. The Kier molecular flexibility index (Phi) is 3.94. The van der Waals surface area contributed by atoms with Gasteiger partial charge in [-0.25, -0.2) is 4.68 Å². The van der Waals surface area contributed by atoms with Gasteiger partial charge in [0.2, 0.25) is 0 Å². The van der Waals surface area contributed by atoms with E-state index in [1.807, 2.05) is 35.0 Å². The van der Waals surface area contributed by atoms with Crippen LogP contribution in [-0.4, -0.2) is 19.6 Å². The molecule has 120 valence electrons. The van der Waals surface area contributed by atoms with E-state index in [0.29, 0.717) is 0 Å². The average molecular weight is 309 g/mol. The van der Waals surface area contributed by atoms with E-state index in [4.69, 9.17) is 0 Å². The first-order chi connectivity index (χ1) is 11.0. The van der Waals surface area contributed by atoms with Crippen molar-refractivity contribution in [1.29, 1.82) is 0 Å². The Morgan fingerprint density at radius 1 is 1.09 bits per heavy atom. The van der Waals surface area contributed by atoms with Crippen molar-refractivity contribution in [3.8, 4) is 5.69 Å². The largest absolute Gasteiger partial charge is 0.376 e. The van der Waals surface area contributed by atoms with E-state index in [-0.39, 0.29) is 6.04 Å². The van der Waals surface area contributed by atoms with Gasteiger partial charge in [-0.1, -0.05) is 12.1 Å². The maximum absolute atomic E-state index is 4.57. The third kappa shape index (κ3) is 2.99. The van der Waals surface area contributed by atoms with Crippen molar-refractivity contribution in [2.45, 2.75) is 33.7 Å². The second-order valence-corrected chi connectivity index (χ2v) is 6.16. The zero-order chi connectivity index (χ0) is 16.6. The van der Waals surface area contributed by atoms with Gasteiger partial charge in [-0.05, 0) is 44.9 Å². The number of hydrogen-bond acceptors (Lipinski definition) is 3. The molecule has 0 bridgehead atoms. The molecular formula is C18H23N5. The Labute approximate surface area is 136 Å². The van der Waals surface area contributed by atoms with Crippen LogP contribution in [-0.2, 0) is 7.05 Å². The summed E-state index contributed by atoms with van der Waals surface area (Å²) in [4.78, 5) is 0. The molecule has 0 fully saturated rings. The van der Waals surface area contributed by atoms with Gasteiger partial charge in [0.05, 0.1) is 35.5 Å². The highest BCUT2D eigenvalue weighted by Crippen LogP contribution is 2.25. The number of hydrogen-bond donors (Lipinski definition) is 1. The number of anilines is 1. The number of aromatic nitrogens is 4. The minimum Gasteiger partial charge on any atom is -0.376 e. The predicted molar refractivity (Wildman–Crippen MR) is 93.0 cm³/mol. The minimum absolute atomic E-state index is 0.179. The maximum atomic E-state index is 4.57. The summed E-state index contributed by atoms with van der Waals surface area (Å²) < 4.78 is 3.82. The Morgan fingerprint density at radius 2 is 1.87 bits per heavy atom. The lowest BCUT2D eigenvalue weighted by molar-refractivity contribution is 0.765. The Morgan fingerprint density at radius 3 is 2.57 bits per heavy atom. The first-order valence-corrected chi connectivity index (χ1v) is 7.83. The van der Waals surface area contributed by atoms with Gasteiger partial charge >= 0.3 is 0 Å². The van der Waals surface area contributed by atoms with Crippen molar-refractivity contribution >= 4 is 5.69 Å². The highest BCUT2D eigenvalue weighted by atomic mass is 15.3. The van der Waals surface area contributed by atoms with E-state index in [1.54, 1.807) is 0 Å². The average Bonchev–Trinajstić information content (AvgIpc) is 3.09. The molecule has 3 aromatic rings. The molecule has 1 N–H and O–H groups in total. The van der Waals surface area contributed by atoms with Crippen molar-refractivity contribution in [2.24, 2.45) is 7.05 Å². The van der Waals surface area contributed by atoms with E-state index in [9.17, 15) is 0 Å². The van der Waals surface area contributed by atoms with Crippen LogP contribution in [0.5, 0.6) is 0 Å². The molecule has 0 saturated carbocycles. The molecule has 5 heteroatoms. The number of benzene rings is 1. The lowest BCUT2D eigenvalue weighted by Crippen LogP contribution is -2.07. The van der Waals surface area contributed by atoms with Crippen LogP contribution in [0.3, 0.4) is 0 Å². The van der Waals surface area contributed by atoms with E-state index in [1.165, 1.54) is 11.1 Å². The highest BCUT2D eigenvalue weighted by molar-refractivity contribution is 5.53. The number of nitrogens with zero attached hydrogens (tertiary/aromatic N) is 4. The van der Waals surface area contributed by atoms with E-state index in [2.05, 4.69) is 61.4 Å². The van der Waals surface area contributed by atoms with Gasteiger partial charge in [-0.3, -0.25) is 4.68 Å². The first kappa shape index (κ1) is 15.3. The smallest absolute Gasteiger partial charge is 0.0765 e. The Bertz CT molecular complexity index is 828. The number of rotatable bonds is 4. The molecule has 23 heavy (non-hydrogen) atoms. The molecule has 3 rings (SSSR count). The minimum atomic E-state index is 0.179. The molecular weight excluding hydrogens is 286 g/mol. The fourth-order valence-corrected chi connectivity index (χ4v) is 2.72. The molecule has 5 nitrogen and oxygen atoms in total. The monoisotopic (exact) mass is 309 g/mol. The maximum Gasteiger partial charge on any atom is 0.0765 e. The third-order valence-corrected chi connectivity index (χ3v) is 4.20. The van der Waals surface area contributed by atoms with Gasteiger partial charge in [-0.2, -0.15) is 10.2 Å². The van der Waals surface area contributed by atoms with Crippen LogP contribution >= 0.6 is 0 Å². The summed E-state index contributed by atoms with van der Waals surface area (Å²) in [6, 6.07) is 6.61. The summed E-state index contributed by atoms with van der Waals surface area (Å²) in [6.45, 7) is 8.44. The van der Waals surface area contributed by atoms with Crippen molar-refractivity contribution in [2.75, 3.05) is 5.32 Å². The second-order valence-electron chi connectivity index (χ2n) is 6.16. The Balaban J connectivity index is 1.89. The molecule has 1 aromatic carbocycles. The van der Waals surface area contributed by atoms with Crippen LogP contribution in [0.25, 0.3) is 5.69 Å². The summed E-state index contributed by atoms with van der Waals surface area (Å²) in [5.74, 6) is 0.